The Labute approximate surface area is 159 Å². The Hall–Kier alpha value is -1.16. The van der Waals surface area contributed by atoms with Gasteiger partial charge in [-0.2, -0.15) is 35.1 Å². The van der Waals surface area contributed by atoms with Crippen LogP contribution in [0.3, 0.4) is 0 Å². The lowest BCUT2D eigenvalue weighted by molar-refractivity contribution is -0.223. The molecule has 142 valence electrons. The minimum absolute atomic E-state index is 0.458. The maximum absolute atomic E-state index is 14.3. The zero-order valence-corrected chi connectivity index (χ0v) is 15.6. The van der Waals surface area contributed by atoms with Gasteiger partial charge in [0.05, 0.1) is 0 Å². The first-order chi connectivity index (χ1) is 11.7. The van der Waals surface area contributed by atoms with Crippen molar-refractivity contribution >= 4 is 31.9 Å². The Kier molecular flexibility index (Phi) is 5.51. The number of hydrogen-bond donors (Lipinski definition) is 0. The molecule has 0 aliphatic rings. The number of rotatable bonds is 5. The van der Waals surface area contributed by atoms with Gasteiger partial charge in [-0.25, -0.2) is 0 Å². The molecule has 0 bridgehead atoms. The summed E-state index contributed by atoms with van der Waals surface area (Å²) in [5, 5.41) is 0. The van der Waals surface area contributed by atoms with Gasteiger partial charge in [-0.15, -0.1) is 0 Å². The third kappa shape index (κ3) is 4.05. The summed E-state index contributed by atoms with van der Waals surface area (Å²) in [4.78, 5) is -7.00. The SMILES string of the molecule is FC(F)(Br)c1ccc(C(F)(F)C(F)(F)c2ccc(C(F)(F)Br)cc2)cc1. The second kappa shape index (κ2) is 6.78. The van der Waals surface area contributed by atoms with Gasteiger partial charge >= 0.3 is 21.5 Å². The molecular formula is C16H8Br2F8. The summed E-state index contributed by atoms with van der Waals surface area (Å²) in [6.07, 6.45) is 0. The molecule has 0 spiro atoms. The van der Waals surface area contributed by atoms with Crippen LogP contribution >= 0.6 is 31.9 Å². The summed E-state index contributed by atoms with van der Waals surface area (Å²) in [6, 6.07) is 4.17. The standard InChI is InChI=1S/C16H8Br2F8/c17-15(23,24)11-5-1-9(2-6-11)13(19,20)14(21,22)10-3-7-12(8-4-10)16(18,25)26/h1-8H. The van der Waals surface area contributed by atoms with Crippen LogP contribution in [-0.4, -0.2) is 0 Å². The van der Waals surface area contributed by atoms with Crippen molar-refractivity contribution in [2.75, 3.05) is 0 Å². The van der Waals surface area contributed by atoms with E-state index in [0.29, 0.717) is 48.5 Å². The molecule has 2 aromatic carbocycles. The molecule has 10 heteroatoms. The smallest absolute Gasteiger partial charge is 0.194 e. The molecular weight excluding hydrogens is 504 g/mol. The monoisotopic (exact) mass is 510 g/mol. The van der Waals surface area contributed by atoms with Crippen molar-refractivity contribution in [3.8, 4) is 0 Å². The van der Waals surface area contributed by atoms with Gasteiger partial charge in [0, 0.05) is 22.3 Å². The van der Waals surface area contributed by atoms with E-state index >= 15 is 0 Å². The van der Waals surface area contributed by atoms with E-state index in [4.69, 9.17) is 0 Å². The molecule has 0 saturated heterocycles. The molecule has 0 aliphatic carbocycles. The van der Waals surface area contributed by atoms with Crippen molar-refractivity contribution in [1.29, 1.82) is 0 Å². The highest BCUT2D eigenvalue weighted by atomic mass is 79.9. The molecule has 0 aromatic heterocycles. The molecule has 0 atom stereocenters. The van der Waals surface area contributed by atoms with E-state index in [1.54, 1.807) is 0 Å². The van der Waals surface area contributed by atoms with Gasteiger partial charge in [-0.3, -0.25) is 0 Å². The van der Waals surface area contributed by atoms with Crippen LogP contribution in [0.5, 0.6) is 0 Å². The van der Waals surface area contributed by atoms with Crippen LogP contribution in [0.15, 0.2) is 48.5 Å². The van der Waals surface area contributed by atoms with Crippen molar-refractivity contribution < 1.29 is 35.1 Å². The molecule has 0 saturated carbocycles. The van der Waals surface area contributed by atoms with Gasteiger partial charge < -0.3 is 0 Å². The predicted octanol–water partition coefficient (Wildman–Crippen LogP) is 7.46. The second-order valence-corrected chi connectivity index (χ2v) is 7.29. The molecule has 26 heavy (non-hydrogen) atoms. The Bertz CT molecular complexity index is 691. The Morgan fingerprint density at radius 3 is 0.808 bits per heavy atom. The molecule has 0 aliphatic heterocycles. The summed E-state index contributed by atoms with van der Waals surface area (Å²) >= 11 is 4.05. The first-order valence-corrected chi connectivity index (χ1v) is 8.37. The third-order valence-corrected chi connectivity index (χ3v) is 4.46. The second-order valence-electron chi connectivity index (χ2n) is 5.30. The average Bonchev–Trinajstić information content (AvgIpc) is 2.53. The van der Waals surface area contributed by atoms with E-state index < -0.39 is 43.8 Å². The topological polar surface area (TPSA) is 0 Å². The van der Waals surface area contributed by atoms with Gasteiger partial charge in [0.15, 0.2) is 0 Å². The van der Waals surface area contributed by atoms with Gasteiger partial charge in [0.1, 0.15) is 0 Å². The first-order valence-electron chi connectivity index (χ1n) is 6.78. The van der Waals surface area contributed by atoms with E-state index in [0.717, 1.165) is 0 Å². The summed E-state index contributed by atoms with van der Waals surface area (Å²) in [5.74, 6) is -9.52. The lowest BCUT2D eigenvalue weighted by Crippen LogP contribution is -2.35. The number of alkyl halides is 10. The average molecular weight is 512 g/mol. The fourth-order valence-electron chi connectivity index (χ4n) is 2.10. The molecule has 0 radical (unpaired) electrons. The zero-order chi connectivity index (χ0) is 20.0. The summed E-state index contributed by atoms with van der Waals surface area (Å²) in [5.41, 5.74) is -3.77. The van der Waals surface area contributed by atoms with Crippen LogP contribution in [0.25, 0.3) is 0 Å². The summed E-state index contributed by atoms with van der Waals surface area (Å²) in [7, 11) is 0. The molecule has 0 amide bonds. The molecule has 0 fully saturated rings. The molecule has 0 unspecified atom stereocenters. The lowest BCUT2D eigenvalue weighted by atomic mass is 9.95. The van der Waals surface area contributed by atoms with Crippen LogP contribution in [-0.2, 0) is 21.5 Å². The third-order valence-electron chi connectivity index (χ3n) is 3.54. The van der Waals surface area contributed by atoms with Crippen molar-refractivity contribution in [3.05, 3.63) is 70.8 Å². The van der Waals surface area contributed by atoms with Gasteiger partial charge in [-0.1, -0.05) is 48.5 Å². The first kappa shape index (κ1) is 21.1. The van der Waals surface area contributed by atoms with Crippen LogP contribution in [0.4, 0.5) is 35.1 Å². The quantitative estimate of drug-likeness (QED) is 0.289. The Morgan fingerprint density at radius 1 is 0.423 bits per heavy atom. The summed E-state index contributed by atoms with van der Waals surface area (Å²) in [6.45, 7) is 0. The van der Waals surface area contributed by atoms with Crippen LogP contribution < -0.4 is 0 Å². The highest BCUT2D eigenvalue weighted by Gasteiger charge is 2.58. The van der Waals surface area contributed by atoms with E-state index in [-0.39, 0.29) is 0 Å². The minimum Gasteiger partial charge on any atom is -0.194 e. The lowest BCUT2D eigenvalue weighted by Gasteiger charge is -2.27. The van der Waals surface area contributed by atoms with Gasteiger partial charge in [0.25, 0.3) is 0 Å². The van der Waals surface area contributed by atoms with Crippen LogP contribution in [0, 0.1) is 0 Å². The maximum Gasteiger partial charge on any atom is 0.339 e. The van der Waals surface area contributed by atoms with E-state index in [1.807, 2.05) is 31.9 Å². The Balaban J connectivity index is 2.40. The van der Waals surface area contributed by atoms with E-state index in [9.17, 15) is 35.1 Å². The van der Waals surface area contributed by atoms with Crippen molar-refractivity contribution in [3.63, 3.8) is 0 Å². The van der Waals surface area contributed by atoms with Crippen molar-refractivity contribution in [1.82, 2.24) is 0 Å². The minimum atomic E-state index is -4.76. The highest BCUT2D eigenvalue weighted by Crippen LogP contribution is 2.50. The normalized spacial score (nSPS) is 13.8. The molecule has 2 rings (SSSR count). The fraction of sp³-hybridized carbons (Fsp3) is 0.250. The zero-order valence-electron chi connectivity index (χ0n) is 12.4. The molecule has 0 N–H and O–H groups in total. The van der Waals surface area contributed by atoms with Crippen molar-refractivity contribution in [2.45, 2.75) is 21.5 Å². The van der Waals surface area contributed by atoms with E-state index in [2.05, 4.69) is 0 Å². The highest BCUT2D eigenvalue weighted by molar-refractivity contribution is 9.09. The van der Waals surface area contributed by atoms with Crippen LogP contribution in [0.1, 0.15) is 22.3 Å². The number of halogens is 10. The predicted molar refractivity (Wildman–Crippen MR) is 86.3 cm³/mol. The number of benzene rings is 2. The molecule has 0 heterocycles. The Morgan fingerprint density at radius 2 is 0.615 bits per heavy atom. The van der Waals surface area contributed by atoms with Crippen molar-refractivity contribution in [2.24, 2.45) is 0 Å². The molecule has 0 nitrogen and oxygen atoms in total. The van der Waals surface area contributed by atoms with E-state index in [1.165, 1.54) is 0 Å². The van der Waals surface area contributed by atoms with Gasteiger partial charge in [0.2, 0.25) is 0 Å². The largest absolute Gasteiger partial charge is 0.339 e. The molecule has 2 aromatic rings. The van der Waals surface area contributed by atoms with Crippen LogP contribution in [0.2, 0.25) is 0 Å². The maximum atomic E-state index is 14.3. The number of hydrogen-bond acceptors (Lipinski definition) is 0. The summed E-state index contributed by atoms with van der Waals surface area (Å²) < 4.78 is 109. The van der Waals surface area contributed by atoms with Gasteiger partial charge in [-0.05, 0) is 31.9 Å². The fourth-order valence-corrected chi connectivity index (χ4v) is 2.63.